The molecule has 0 unspecified atom stereocenters. The lowest BCUT2D eigenvalue weighted by Gasteiger charge is -2.11. The van der Waals surface area contributed by atoms with E-state index in [0.29, 0.717) is 11.3 Å². The minimum absolute atomic E-state index is 0.310. The number of ether oxygens (including phenoxy) is 1. The van der Waals surface area contributed by atoms with Crippen molar-refractivity contribution < 1.29 is 9.53 Å². The van der Waals surface area contributed by atoms with E-state index in [2.05, 4.69) is 66.2 Å². The summed E-state index contributed by atoms with van der Waals surface area (Å²) < 4.78 is 7.65. The van der Waals surface area contributed by atoms with E-state index < -0.39 is 0 Å². The number of nitrogens with one attached hydrogen (secondary N) is 1. The first-order valence-electron chi connectivity index (χ1n) is 11.7. The van der Waals surface area contributed by atoms with Gasteiger partial charge in [0, 0.05) is 22.6 Å². The van der Waals surface area contributed by atoms with Crippen molar-refractivity contribution in [3.05, 3.63) is 94.8 Å². The van der Waals surface area contributed by atoms with Crippen LogP contribution >= 0.6 is 0 Å². The molecule has 0 spiro atoms. The Balaban J connectivity index is 1.52. The smallest absolute Gasteiger partial charge is 0.275 e. The summed E-state index contributed by atoms with van der Waals surface area (Å²) in [6.45, 7) is 6.35. The molecule has 0 saturated heterocycles. The molecule has 34 heavy (non-hydrogen) atoms. The predicted octanol–water partition coefficient (Wildman–Crippen LogP) is 6.36. The summed E-state index contributed by atoms with van der Waals surface area (Å²) >= 11 is 0. The summed E-state index contributed by atoms with van der Waals surface area (Å²) in [4.78, 5) is 12.8. The molecule has 5 nitrogen and oxygen atoms in total. The first-order valence-corrected chi connectivity index (χ1v) is 11.7. The van der Waals surface area contributed by atoms with E-state index in [1.165, 1.54) is 18.4 Å². The van der Waals surface area contributed by atoms with Crippen LogP contribution in [0.25, 0.3) is 16.5 Å². The zero-order valence-electron chi connectivity index (χ0n) is 20.3. The SMILES string of the molecule is CCCCc1ccc(-n2c(C)cc(C=NNC(=O)c3cc4ccccc4cc3OC)c2C)cc1. The second-order valence-corrected chi connectivity index (χ2v) is 8.53. The van der Waals surface area contributed by atoms with Crippen LogP contribution in [0.15, 0.2) is 71.8 Å². The second-order valence-electron chi connectivity index (χ2n) is 8.53. The minimum Gasteiger partial charge on any atom is -0.496 e. The Kier molecular flexibility index (Phi) is 7.12. The van der Waals surface area contributed by atoms with Gasteiger partial charge in [0.25, 0.3) is 5.91 Å². The number of fused-ring (bicyclic) bond motifs is 1. The number of hydrogen-bond acceptors (Lipinski definition) is 3. The molecule has 0 saturated carbocycles. The Morgan fingerprint density at radius 2 is 1.74 bits per heavy atom. The lowest BCUT2D eigenvalue weighted by molar-refractivity contribution is 0.0952. The molecule has 0 bridgehead atoms. The minimum atomic E-state index is -0.310. The maximum atomic E-state index is 12.8. The number of carbonyl (C=O) groups is 1. The van der Waals surface area contributed by atoms with Crippen LogP contribution in [0.3, 0.4) is 0 Å². The number of amides is 1. The number of hydrazone groups is 1. The van der Waals surface area contributed by atoms with E-state index in [-0.39, 0.29) is 5.91 Å². The van der Waals surface area contributed by atoms with E-state index in [4.69, 9.17) is 4.74 Å². The molecule has 0 fully saturated rings. The normalized spacial score (nSPS) is 11.3. The van der Waals surface area contributed by atoms with Crippen molar-refractivity contribution in [1.29, 1.82) is 0 Å². The summed E-state index contributed by atoms with van der Waals surface area (Å²) in [5, 5.41) is 6.23. The van der Waals surface area contributed by atoms with Crippen LogP contribution in [-0.4, -0.2) is 23.8 Å². The average molecular weight is 454 g/mol. The van der Waals surface area contributed by atoms with Gasteiger partial charge in [-0.05, 0) is 73.4 Å². The van der Waals surface area contributed by atoms with Crippen LogP contribution in [0, 0.1) is 13.8 Å². The number of unbranched alkanes of at least 4 members (excludes halogenated alkanes) is 1. The van der Waals surface area contributed by atoms with Crippen molar-refractivity contribution in [2.45, 2.75) is 40.0 Å². The van der Waals surface area contributed by atoms with Gasteiger partial charge < -0.3 is 9.30 Å². The van der Waals surface area contributed by atoms with Gasteiger partial charge in [0.2, 0.25) is 0 Å². The fourth-order valence-corrected chi connectivity index (χ4v) is 4.29. The molecule has 1 N–H and O–H groups in total. The first-order chi connectivity index (χ1) is 16.5. The second kappa shape index (κ2) is 10.4. The first kappa shape index (κ1) is 23.3. The van der Waals surface area contributed by atoms with Crippen LogP contribution in [0.5, 0.6) is 5.75 Å². The van der Waals surface area contributed by atoms with Gasteiger partial charge >= 0.3 is 0 Å². The number of aromatic nitrogens is 1. The molecular formula is C29H31N3O2. The van der Waals surface area contributed by atoms with E-state index in [0.717, 1.165) is 39.8 Å². The van der Waals surface area contributed by atoms with Crippen LogP contribution in [0.2, 0.25) is 0 Å². The number of hydrogen-bond donors (Lipinski definition) is 1. The van der Waals surface area contributed by atoms with Crippen molar-refractivity contribution in [2.75, 3.05) is 7.11 Å². The standard InChI is InChI=1S/C29H31N3O2/c1-5-6-9-22-12-14-26(15-13-22)32-20(2)16-25(21(32)3)19-30-31-29(33)27-17-23-10-7-8-11-24(23)18-28(27)34-4/h7-8,10-19H,5-6,9H2,1-4H3,(H,31,33). The van der Waals surface area contributed by atoms with Crippen LogP contribution in [0.4, 0.5) is 0 Å². The van der Waals surface area contributed by atoms with Gasteiger partial charge in [-0.3, -0.25) is 4.79 Å². The molecule has 3 aromatic carbocycles. The summed E-state index contributed by atoms with van der Waals surface area (Å²) in [7, 11) is 1.56. The Hall–Kier alpha value is -3.86. The molecular weight excluding hydrogens is 422 g/mol. The molecule has 1 amide bonds. The van der Waals surface area contributed by atoms with Gasteiger partial charge in [0.05, 0.1) is 18.9 Å². The number of carbonyl (C=O) groups excluding carboxylic acids is 1. The topological polar surface area (TPSA) is 55.6 Å². The van der Waals surface area contributed by atoms with Crippen molar-refractivity contribution in [3.63, 3.8) is 0 Å². The third kappa shape index (κ3) is 4.88. The highest BCUT2D eigenvalue weighted by Crippen LogP contribution is 2.26. The van der Waals surface area contributed by atoms with Crippen molar-refractivity contribution in [2.24, 2.45) is 5.10 Å². The van der Waals surface area contributed by atoms with E-state index >= 15 is 0 Å². The van der Waals surface area contributed by atoms with Gasteiger partial charge in [-0.1, -0.05) is 49.7 Å². The maximum Gasteiger partial charge on any atom is 0.275 e. The van der Waals surface area contributed by atoms with Gasteiger partial charge in [0.1, 0.15) is 5.75 Å². The maximum absolute atomic E-state index is 12.8. The van der Waals surface area contributed by atoms with Gasteiger partial charge in [0.15, 0.2) is 0 Å². The Morgan fingerprint density at radius 1 is 1.03 bits per heavy atom. The van der Waals surface area contributed by atoms with Crippen molar-refractivity contribution in [3.8, 4) is 11.4 Å². The number of aryl methyl sites for hydroxylation is 2. The molecule has 0 aliphatic heterocycles. The lowest BCUT2D eigenvalue weighted by atomic mass is 10.1. The quantitative estimate of drug-likeness (QED) is 0.249. The van der Waals surface area contributed by atoms with Crippen LogP contribution in [-0.2, 0) is 6.42 Å². The third-order valence-corrected chi connectivity index (χ3v) is 6.17. The van der Waals surface area contributed by atoms with Gasteiger partial charge in [-0.25, -0.2) is 5.43 Å². The number of nitrogens with zero attached hydrogens (tertiary/aromatic N) is 2. The fourth-order valence-electron chi connectivity index (χ4n) is 4.29. The molecule has 4 rings (SSSR count). The largest absolute Gasteiger partial charge is 0.496 e. The number of methoxy groups -OCH3 is 1. The molecule has 0 atom stereocenters. The summed E-state index contributed by atoms with van der Waals surface area (Å²) in [6.07, 6.45) is 5.21. The van der Waals surface area contributed by atoms with E-state index in [9.17, 15) is 4.79 Å². The third-order valence-electron chi connectivity index (χ3n) is 6.17. The average Bonchev–Trinajstić information content (AvgIpc) is 3.14. The Morgan fingerprint density at radius 3 is 2.41 bits per heavy atom. The summed E-state index contributed by atoms with van der Waals surface area (Å²) in [6, 6.07) is 22.4. The van der Waals surface area contributed by atoms with Gasteiger partial charge in [-0.2, -0.15) is 5.10 Å². The Bertz CT molecular complexity index is 1330. The zero-order valence-corrected chi connectivity index (χ0v) is 20.3. The molecule has 1 heterocycles. The molecule has 174 valence electrons. The fraction of sp³-hybridized carbons (Fsp3) is 0.241. The Labute approximate surface area is 201 Å². The molecule has 1 aromatic heterocycles. The molecule has 4 aromatic rings. The highest BCUT2D eigenvalue weighted by Gasteiger charge is 2.14. The summed E-state index contributed by atoms with van der Waals surface area (Å²) in [5.74, 6) is 0.210. The van der Waals surface area contributed by atoms with Crippen molar-refractivity contribution in [1.82, 2.24) is 9.99 Å². The zero-order chi connectivity index (χ0) is 24.1. The predicted molar refractivity (Wildman–Crippen MR) is 139 cm³/mol. The molecule has 0 aliphatic carbocycles. The highest BCUT2D eigenvalue weighted by molar-refractivity contribution is 6.02. The number of benzene rings is 3. The summed E-state index contributed by atoms with van der Waals surface area (Å²) in [5.41, 5.74) is 8.73. The van der Waals surface area contributed by atoms with Crippen LogP contribution in [0.1, 0.15) is 52.6 Å². The van der Waals surface area contributed by atoms with Crippen LogP contribution < -0.4 is 10.2 Å². The van der Waals surface area contributed by atoms with Crippen molar-refractivity contribution >= 4 is 22.9 Å². The van der Waals surface area contributed by atoms with E-state index in [1.54, 1.807) is 13.3 Å². The highest BCUT2D eigenvalue weighted by atomic mass is 16.5. The molecule has 5 heteroatoms. The number of rotatable bonds is 8. The molecule has 0 aliphatic rings. The molecule has 0 radical (unpaired) electrons. The van der Waals surface area contributed by atoms with E-state index in [1.807, 2.05) is 36.4 Å². The van der Waals surface area contributed by atoms with Gasteiger partial charge in [-0.15, -0.1) is 0 Å². The lowest BCUT2D eigenvalue weighted by Crippen LogP contribution is -2.18. The monoisotopic (exact) mass is 453 g/mol.